The standard InChI is InChI=1S/C15H16INS/c1-10-4-7-12(16)9-13(10)17-15(11-5-6-11)14-3-2-8-18-14/h2-4,7-9,11,15,17H,5-6H2,1H3. The minimum absolute atomic E-state index is 0.502. The third-order valence-electron chi connectivity index (χ3n) is 3.45. The summed E-state index contributed by atoms with van der Waals surface area (Å²) in [6.45, 7) is 2.18. The van der Waals surface area contributed by atoms with E-state index in [2.05, 4.69) is 70.5 Å². The second kappa shape index (κ2) is 5.21. The van der Waals surface area contributed by atoms with Gasteiger partial charge in [-0.2, -0.15) is 0 Å². The minimum atomic E-state index is 0.502. The summed E-state index contributed by atoms with van der Waals surface area (Å²) in [6.07, 6.45) is 2.72. The summed E-state index contributed by atoms with van der Waals surface area (Å²) in [4.78, 5) is 1.47. The molecule has 0 spiro atoms. The maximum absolute atomic E-state index is 3.76. The van der Waals surface area contributed by atoms with E-state index in [0.29, 0.717) is 6.04 Å². The van der Waals surface area contributed by atoms with Gasteiger partial charge in [-0.25, -0.2) is 0 Å². The Kier molecular flexibility index (Phi) is 3.61. The van der Waals surface area contributed by atoms with Crippen LogP contribution in [-0.4, -0.2) is 0 Å². The first-order chi connectivity index (χ1) is 8.74. The van der Waals surface area contributed by atoms with Crippen molar-refractivity contribution in [3.8, 4) is 0 Å². The highest BCUT2D eigenvalue weighted by molar-refractivity contribution is 14.1. The number of halogens is 1. The Labute approximate surface area is 126 Å². The van der Waals surface area contributed by atoms with Gasteiger partial charge >= 0.3 is 0 Å². The van der Waals surface area contributed by atoms with Gasteiger partial charge in [-0.1, -0.05) is 12.1 Å². The predicted octanol–water partition coefficient (Wildman–Crippen LogP) is 5.22. The molecule has 1 saturated carbocycles. The molecule has 2 aromatic rings. The summed E-state index contributed by atoms with van der Waals surface area (Å²) in [7, 11) is 0. The first-order valence-electron chi connectivity index (χ1n) is 6.30. The van der Waals surface area contributed by atoms with Crippen LogP contribution in [0.3, 0.4) is 0 Å². The highest BCUT2D eigenvalue weighted by atomic mass is 127. The summed E-state index contributed by atoms with van der Waals surface area (Å²) in [5.41, 5.74) is 2.62. The lowest BCUT2D eigenvalue weighted by Gasteiger charge is -2.20. The summed E-state index contributed by atoms with van der Waals surface area (Å²) in [5.74, 6) is 0.820. The first-order valence-corrected chi connectivity index (χ1v) is 8.26. The molecule has 0 bridgehead atoms. The second-order valence-electron chi connectivity index (χ2n) is 4.93. The highest BCUT2D eigenvalue weighted by Crippen LogP contribution is 2.44. The normalized spacial score (nSPS) is 16.6. The molecule has 1 aliphatic carbocycles. The number of benzene rings is 1. The van der Waals surface area contributed by atoms with E-state index in [0.717, 1.165) is 5.92 Å². The van der Waals surface area contributed by atoms with Gasteiger partial charge in [-0.05, 0) is 77.4 Å². The number of hydrogen-bond acceptors (Lipinski definition) is 2. The number of thiophene rings is 1. The van der Waals surface area contributed by atoms with Crippen LogP contribution in [0.2, 0.25) is 0 Å². The largest absolute Gasteiger partial charge is 0.377 e. The highest BCUT2D eigenvalue weighted by Gasteiger charge is 2.33. The van der Waals surface area contributed by atoms with Crippen LogP contribution in [0.5, 0.6) is 0 Å². The average molecular weight is 369 g/mol. The molecule has 1 aromatic heterocycles. The van der Waals surface area contributed by atoms with E-state index in [4.69, 9.17) is 0 Å². The van der Waals surface area contributed by atoms with Crippen LogP contribution in [0, 0.1) is 16.4 Å². The number of hydrogen-bond donors (Lipinski definition) is 1. The summed E-state index contributed by atoms with van der Waals surface area (Å²) >= 11 is 4.24. The smallest absolute Gasteiger partial charge is 0.0634 e. The molecule has 1 aromatic carbocycles. The predicted molar refractivity (Wildman–Crippen MR) is 87.3 cm³/mol. The van der Waals surface area contributed by atoms with Gasteiger partial charge in [0.2, 0.25) is 0 Å². The number of aryl methyl sites for hydroxylation is 1. The Morgan fingerprint density at radius 1 is 1.33 bits per heavy atom. The van der Waals surface area contributed by atoms with Crippen molar-refractivity contribution in [2.45, 2.75) is 25.8 Å². The first kappa shape index (κ1) is 12.5. The van der Waals surface area contributed by atoms with Gasteiger partial charge in [0.15, 0.2) is 0 Å². The summed E-state index contributed by atoms with van der Waals surface area (Å²) in [6, 6.07) is 11.5. The van der Waals surface area contributed by atoms with Gasteiger partial charge in [0, 0.05) is 14.1 Å². The molecule has 1 unspecified atom stereocenters. The number of rotatable bonds is 4. The summed E-state index contributed by atoms with van der Waals surface area (Å²) in [5, 5.41) is 5.93. The van der Waals surface area contributed by atoms with Gasteiger partial charge in [-0.3, -0.25) is 0 Å². The SMILES string of the molecule is Cc1ccc(I)cc1NC(c1cccs1)C1CC1. The third kappa shape index (κ3) is 2.72. The van der Waals surface area contributed by atoms with Crippen molar-refractivity contribution in [3.63, 3.8) is 0 Å². The van der Waals surface area contributed by atoms with E-state index in [9.17, 15) is 0 Å². The Morgan fingerprint density at radius 3 is 2.83 bits per heavy atom. The lowest BCUT2D eigenvalue weighted by atomic mass is 10.1. The molecule has 0 aliphatic heterocycles. The third-order valence-corrected chi connectivity index (χ3v) is 5.08. The zero-order valence-electron chi connectivity index (χ0n) is 10.3. The summed E-state index contributed by atoms with van der Waals surface area (Å²) < 4.78 is 1.29. The minimum Gasteiger partial charge on any atom is -0.377 e. The zero-order chi connectivity index (χ0) is 12.5. The van der Waals surface area contributed by atoms with Gasteiger partial charge in [0.25, 0.3) is 0 Å². The zero-order valence-corrected chi connectivity index (χ0v) is 13.3. The molecule has 1 heterocycles. The van der Waals surface area contributed by atoms with E-state index >= 15 is 0 Å². The Bertz CT molecular complexity index is 531. The monoisotopic (exact) mass is 369 g/mol. The van der Waals surface area contributed by atoms with Crippen molar-refractivity contribution in [2.75, 3.05) is 5.32 Å². The topological polar surface area (TPSA) is 12.0 Å². The molecule has 1 fully saturated rings. The molecule has 1 atom stereocenters. The van der Waals surface area contributed by atoms with Crippen LogP contribution in [0.4, 0.5) is 5.69 Å². The molecule has 18 heavy (non-hydrogen) atoms. The maximum atomic E-state index is 3.76. The van der Waals surface area contributed by atoms with Gasteiger partial charge in [0.05, 0.1) is 6.04 Å². The fraction of sp³-hybridized carbons (Fsp3) is 0.333. The lowest BCUT2D eigenvalue weighted by molar-refractivity contribution is 0.690. The van der Waals surface area contributed by atoms with Crippen LogP contribution < -0.4 is 5.32 Å². The second-order valence-corrected chi connectivity index (χ2v) is 7.16. The van der Waals surface area contributed by atoms with Crippen molar-refractivity contribution in [1.82, 2.24) is 0 Å². The molecule has 0 amide bonds. The number of nitrogens with one attached hydrogen (secondary N) is 1. The molecular formula is C15H16INS. The molecule has 1 nitrogen and oxygen atoms in total. The molecule has 1 aliphatic rings. The van der Waals surface area contributed by atoms with Gasteiger partial charge in [0.1, 0.15) is 0 Å². The van der Waals surface area contributed by atoms with Crippen molar-refractivity contribution in [3.05, 3.63) is 49.7 Å². The van der Waals surface area contributed by atoms with Crippen LogP contribution in [0.25, 0.3) is 0 Å². The molecule has 0 saturated heterocycles. The molecule has 3 rings (SSSR count). The van der Waals surface area contributed by atoms with Crippen LogP contribution in [0.15, 0.2) is 35.7 Å². The van der Waals surface area contributed by atoms with E-state index in [1.54, 1.807) is 0 Å². The Hall–Kier alpha value is -0.550. The molecule has 1 N–H and O–H groups in total. The van der Waals surface area contributed by atoms with E-state index in [1.165, 1.54) is 32.5 Å². The van der Waals surface area contributed by atoms with Crippen molar-refractivity contribution < 1.29 is 0 Å². The quantitative estimate of drug-likeness (QED) is 0.729. The van der Waals surface area contributed by atoms with Crippen LogP contribution in [0.1, 0.15) is 29.3 Å². The molecule has 94 valence electrons. The van der Waals surface area contributed by atoms with E-state index in [-0.39, 0.29) is 0 Å². The van der Waals surface area contributed by atoms with Crippen LogP contribution >= 0.6 is 33.9 Å². The van der Waals surface area contributed by atoms with E-state index in [1.807, 2.05) is 11.3 Å². The van der Waals surface area contributed by atoms with Crippen molar-refractivity contribution in [1.29, 1.82) is 0 Å². The van der Waals surface area contributed by atoms with Crippen molar-refractivity contribution in [2.24, 2.45) is 5.92 Å². The Balaban J connectivity index is 1.86. The maximum Gasteiger partial charge on any atom is 0.0634 e. The van der Waals surface area contributed by atoms with Gasteiger partial charge < -0.3 is 5.32 Å². The van der Waals surface area contributed by atoms with Gasteiger partial charge in [-0.15, -0.1) is 11.3 Å². The average Bonchev–Trinajstić information content (AvgIpc) is 3.05. The number of anilines is 1. The molecular weight excluding hydrogens is 353 g/mol. The van der Waals surface area contributed by atoms with Crippen molar-refractivity contribution >= 4 is 39.6 Å². The fourth-order valence-electron chi connectivity index (χ4n) is 2.24. The van der Waals surface area contributed by atoms with Crippen LogP contribution in [-0.2, 0) is 0 Å². The fourth-order valence-corrected chi connectivity index (χ4v) is 3.60. The van der Waals surface area contributed by atoms with E-state index < -0.39 is 0 Å². The molecule has 3 heteroatoms. The molecule has 0 radical (unpaired) electrons. The Morgan fingerprint density at radius 2 is 2.17 bits per heavy atom. The lowest BCUT2D eigenvalue weighted by Crippen LogP contribution is -2.12.